The van der Waals surface area contributed by atoms with Crippen LogP contribution in [0.4, 0.5) is 0 Å². The van der Waals surface area contributed by atoms with Gasteiger partial charge in [0, 0.05) is 18.0 Å². The first-order chi connectivity index (χ1) is 10.1. The molecule has 21 heavy (non-hydrogen) atoms. The summed E-state index contributed by atoms with van der Waals surface area (Å²) in [6.45, 7) is -0.527. The third-order valence-corrected chi connectivity index (χ3v) is 4.53. The monoisotopic (exact) mass is 314 g/mol. The number of aliphatic hydroxyl groups is 4. The number of aromatic nitrogens is 1. The Morgan fingerprint density at radius 2 is 1.90 bits per heavy atom. The zero-order valence-corrected chi connectivity index (χ0v) is 11.6. The molecule has 9 heteroatoms. The third-order valence-electron chi connectivity index (χ3n) is 3.33. The van der Waals surface area contributed by atoms with Crippen molar-refractivity contribution in [3.63, 3.8) is 0 Å². The van der Waals surface area contributed by atoms with Crippen LogP contribution >= 0.6 is 11.8 Å². The van der Waals surface area contributed by atoms with Crippen LogP contribution in [-0.4, -0.2) is 66.6 Å². The van der Waals surface area contributed by atoms with Crippen molar-refractivity contribution >= 4 is 16.8 Å². The van der Waals surface area contributed by atoms with E-state index in [2.05, 4.69) is 10.1 Å². The van der Waals surface area contributed by atoms with Crippen molar-refractivity contribution in [2.45, 2.75) is 29.5 Å². The highest BCUT2D eigenvalue weighted by molar-refractivity contribution is 8.15. The van der Waals surface area contributed by atoms with E-state index in [0.29, 0.717) is 10.6 Å². The lowest BCUT2D eigenvalue weighted by atomic mass is 9.99. The maximum atomic E-state index is 10.1. The van der Waals surface area contributed by atoms with Gasteiger partial charge < -0.3 is 30.0 Å². The molecule has 2 aliphatic rings. The highest BCUT2D eigenvalue weighted by atomic mass is 32.2. The Balaban J connectivity index is 1.83. The molecule has 0 bridgehead atoms. The number of pyridine rings is 1. The summed E-state index contributed by atoms with van der Waals surface area (Å²) in [5.41, 5.74) is 0.712. The summed E-state index contributed by atoms with van der Waals surface area (Å²) in [6.07, 6.45) is -2.38. The molecule has 0 unspecified atom stereocenters. The van der Waals surface area contributed by atoms with Crippen molar-refractivity contribution in [1.29, 1.82) is 0 Å². The molecule has 2 aliphatic heterocycles. The van der Waals surface area contributed by atoms with Crippen molar-refractivity contribution in [1.82, 2.24) is 4.98 Å². The lowest BCUT2D eigenvalue weighted by molar-refractivity contribution is -0.318. The summed E-state index contributed by atoms with van der Waals surface area (Å²) in [5.74, 6) is 0. The highest BCUT2D eigenvalue weighted by Gasteiger charge is 2.59. The zero-order chi connectivity index (χ0) is 15.0. The van der Waals surface area contributed by atoms with Crippen molar-refractivity contribution in [3.8, 4) is 0 Å². The molecule has 4 N–H and O–H groups in total. The Hall–Kier alpha value is -1.23. The Labute approximate surface area is 124 Å². The van der Waals surface area contributed by atoms with Gasteiger partial charge in [0.25, 0.3) is 0 Å². The first-order valence-electron chi connectivity index (χ1n) is 6.26. The van der Waals surface area contributed by atoms with E-state index in [1.807, 2.05) is 0 Å². The number of nitrogens with zero attached hydrogens (tertiary/aromatic N) is 2. The summed E-state index contributed by atoms with van der Waals surface area (Å²) in [4.78, 5) is 9.08. The van der Waals surface area contributed by atoms with E-state index < -0.39 is 36.1 Å². The van der Waals surface area contributed by atoms with Crippen molar-refractivity contribution in [2.75, 3.05) is 6.61 Å². The Kier molecular flexibility index (Phi) is 3.86. The summed E-state index contributed by atoms with van der Waals surface area (Å²) in [6, 6.07) is 3.41. The van der Waals surface area contributed by atoms with E-state index in [1.54, 1.807) is 24.5 Å². The smallest absolute Gasteiger partial charge is 0.320 e. The fourth-order valence-electron chi connectivity index (χ4n) is 2.15. The van der Waals surface area contributed by atoms with E-state index in [1.165, 1.54) is 0 Å². The predicted molar refractivity (Wildman–Crippen MR) is 72.2 cm³/mol. The second-order valence-electron chi connectivity index (χ2n) is 4.69. The molecular weight excluding hydrogens is 300 g/mol. The molecule has 5 atom stereocenters. The first kappa shape index (κ1) is 14.7. The van der Waals surface area contributed by atoms with E-state index in [4.69, 9.17) is 9.57 Å². The average molecular weight is 314 g/mol. The second-order valence-corrected chi connectivity index (χ2v) is 5.85. The maximum absolute atomic E-state index is 10.1. The van der Waals surface area contributed by atoms with Crippen molar-refractivity contribution in [2.24, 2.45) is 5.16 Å². The van der Waals surface area contributed by atoms with Gasteiger partial charge in [-0.15, -0.1) is 0 Å². The van der Waals surface area contributed by atoms with Crippen LogP contribution in [0, 0.1) is 0 Å². The molecule has 1 aromatic rings. The van der Waals surface area contributed by atoms with Gasteiger partial charge in [-0.2, -0.15) is 0 Å². The molecule has 0 aliphatic carbocycles. The number of thioether (sulfide) groups is 1. The van der Waals surface area contributed by atoms with Gasteiger partial charge in [0.15, 0.2) is 6.10 Å². The summed E-state index contributed by atoms with van der Waals surface area (Å²) < 4.78 is 5.43. The molecule has 1 aromatic heterocycles. The summed E-state index contributed by atoms with van der Waals surface area (Å²) in [5, 5.41) is 41.6. The third kappa shape index (κ3) is 2.41. The minimum absolute atomic E-state index is 0.441. The normalized spacial score (nSPS) is 39.1. The van der Waals surface area contributed by atoms with Crippen molar-refractivity contribution < 1.29 is 30.0 Å². The lowest BCUT2D eigenvalue weighted by Gasteiger charge is -2.43. The molecule has 0 aromatic carbocycles. The van der Waals surface area contributed by atoms with E-state index in [0.717, 1.165) is 11.8 Å². The number of rotatable bonds is 2. The van der Waals surface area contributed by atoms with Gasteiger partial charge in [-0.3, -0.25) is 4.98 Å². The first-order valence-corrected chi connectivity index (χ1v) is 7.07. The quantitative estimate of drug-likeness (QED) is 0.527. The standard InChI is InChI=1S/C12H14N2O6S/c15-5-7-8(16)9(17)10(18)12(19-7)20-14-11(21-12)6-1-3-13-4-2-6/h1-4,7-10,15-18H,5H2/t7-,8-,9+,10-,12-/m1/s1. The average Bonchev–Trinajstić information content (AvgIpc) is 2.95. The van der Waals surface area contributed by atoms with Crippen LogP contribution in [-0.2, 0) is 9.57 Å². The zero-order valence-electron chi connectivity index (χ0n) is 10.7. The van der Waals surface area contributed by atoms with Gasteiger partial charge >= 0.3 is 5.12 Å². The second kappa shape index (κ2) is 5.52. The molecule has 1 saturated heterocycles. The fourth-order valence-corrected chi connectivity index (χ4v) is 3.26. The van der Waals surface area contributed by atoms with E-state index >= 15 is 0 Å². The molecular formula is C12H14N2O6S. The molecule has 3 heterocycles. The van der Waals surface area contributed by atoms with Crippen molar-refractivity contribution in [3.05, 3.63) is 30.1 Å². The van der Waals surface area contributed by atoms with Crippen LogP contribution < -0.4 is 0 Å². The summed E-state index contributed by atoms with van der Waals surface area (Å²) >= 11 is 0.966. The Bertz CT molecular complexity index is 542. The van der Waals surface area contributed by atoms with Crippen LogP contribution in [0.1, 0.15) is 5.56 Å². The minimum atomic E-state index is -1.69. The number of ether oxygens (including phenoxy) is 1. The summed E-state index contributed by atoms with van der Waals surface area (Å²) in [7, 11) is 0. The van der Waals surface area contributed by atoms with Crippen LogP contribution in [0.3, 0.4) is 0 Å². The van der Waals surface area contributed by atoms with Gasteiger partial charge in [0.2, 0.25) is 0 Å². The van der Waals surface area contributed by atoms with Gasteiger partial charge in [0.05, 0.1) is 6.61 Å². The number of hydrogen-bond donors (Lipinski definition) is 4. The molecule has 0 radical (unpaired) electrons. The number of oxime groups is 1. The molecule has 114 valence electrons. The maximum Gasteiger partial charge on any atom is 0.320 e. The molecule has 1 fully saturated rings. The van der Waals surface area contributed by atoms with Gasteiger partial charge in [-0.25, -0.2) is 0 Å². The number of aliphatic hydroxyl groups excluding tert-OH is 4. The lowest BCUT2D eigenvalue weighted by Crippen LogP contribution is -2.63. The van der Waals surface area contributed by atoms with Crippen LogP contribution in [0.5, 0.6) is 0 Å². The Morgan fingerprint density at radius 3 is 2.57 bits per heavy atom. The van der Waals surface area contributed by atoms with Crippen LogP contribution in [0.2, 0.25) is 0 Å². The number of hydrogen-bond acceptors (Lipinski definition) is 9. The van der Waals surface area contributed by atoms with E-state index in [-0.39, 0.29) is 0 Å². The largest absolute Gasteiger partial charge is 0.394 e. The SMILES string of the molecule is OC[C@H]1O[C@@]2(ON=C(c3ccncc3)S2)[C@H](O)[C@@H](O)[C@@H]1O. The minimum Gasteiger partial charge on any atom is -0.394 e. The van der Waals surface area contributed by atoms with E-state index in [9.17, 15) is 20.4 Å². The molecule has 0 amide bonds. The topological polar surface area (TPSA) is 125 Å². The molecule has 3 rings (SSSR count). The van der Waals surface area contributed by atoms with Gasteiger partial charge in [-0.05, 0) is 23.9 Å². The van der Waals surface area contributed by atoms with Crippen LogP contribution in [0.15, 0.2) is 29.7 Å². The fraction of sp³-hybridized carbons (Fsp3) is 0.500. The predicted octanol–water partition coefficient (Wildman–Crippen LogP) is -1.37. The highest BCUT2D eigenvalue weighted by Crippen LogP contribution is 2.45. The van der Waals surface area contributed by atoms with Gasteiger partial charge in [0.1, 0.15) is 23.4 Å². The molecule has 8 nitrogen and oxygen atoms in total. The van der Waals surface area contributed by atoms with Crippen LogP contribution in [0.25, 0.3) is 0 Å². The Morgan fingerprint density at radius 1 is 1.19 bits per heavy atom. The molecule has 1 spiro atoms. The molecule has 0 saturated carbocycles. The van der Waals surface area contributed by atoms with Gasteiger partial charge in [-0.1, -0.05) is 5.16 Å².